The Kier molecular flexibility index (Phi) is 8.36. The van der Waals surface area contributed by atoms with Gasteiger partial charge in [0.2, 0.25) is 0 Å². The highest BCUT2D eigenvalue weighted by atomic mass is 16.5. The van der Waals surface area contributed by atoms with Crippen LogP contribution >= 0.6 is 0 Å². The Morgan fingerprint density at radius 1 is 0.875 bits per heavy atom. The zero-order chi connectivity index (χ0) is 17.0. The third-order valence-corrected chi connectivity index (χ3v) is 3.94. The predicted octanol–water partition coefficient (Wildman–Crippen LogP) is 4.99. The Bertz CT molecular complexity index is 551. The number of hydrogen-bond acceptors (Lipinski definition) is 3. The molecule has 130 valence electrons. The molecule has 0 amide bonds. The fourth-order valence-corrected chi connectivity index (χ4v) is 2.46. The van der Waals surface area contributed by atoms with Gasteiger partial charge in [0.05, 0.1) is 33.0 Å². The summed E-state index contributed by atoms with van der Waals surface area (Å²) < 4.78 is 17.1. The molecule has 2 aromatic rings. The van der Waals surface area contributed by atoms with Crippen LogP contribution in [0.5, 0.6) is 5.75 Å². The van der Waals surface area contributed by atoms with Crippen LogP contribution in [0.4, 0.5) is 0 Å². The van der Waals surface area contributed by atoms with Crippen LogP contribution in [0, 0.1) is 0 Å². The second kappa shape index (κ2) is 10.8. The first-order chi connectivity index (χ1) is 11.8. The maximum absolute atomic E-state index is 6.06. The largest absolute Gasteiger partial charge is 0.497 e. The van der Waals surface area contributed by atoms with Crippen LogP contribution < -0.4 is 4.74 Å². The van der Waals surface area contributed by atoms with Gasteiger partial charge in [0.15, 0.2) is 0 Å². The molecule has 0 saturated heterocycles. The molecule has 24 heavy (non-hydrogen) atoms. The van der Waals surface area contributed by atoms with Crippen molar-refractivity contribution < 1.29 is 14.2 Å². The van der Waals surface area contributed by atoms with E-state index in [1.54, 1.807) is 7.11 Å². The van der Waals surface area contributed by atoms with Crippen LogP contribution in [0.15, 0.2) is 54.6 Å². The highest BCUT2D eigenvalue weighted by molar-refractivity contribution is 5.26. The van der Waals surface area contributed by atoms with Crippen LogP contribution in [0.2, 0.25) is 0 Å². The lowest BCUT2D eigenvalue weighted by Crippen LogP contribution is -2.20. The first-order valence-corrected chi connectivity index (χ1v) is 8.68. The third kappa shape index (κ3) is 6.73. The summed E-state index contributed by atoms with van der Waals surface area (Å²) in [6.45, 7) is 4.06. The lowest BCUT2D eigenvalue weighted by atomic mass is 10.1. The molecule has 0 heterocycles. The number of ether oxygens (including phenoxy) is 3. The quantitative estimate of drug-likeness (QED) is 0.582. The van der Waals surface area contributed by atoms with E-state index in [-0.39, 0.29) is 6.10 Å². The van der Waals surface area contributed by atoms with E-state index >= 15 is 0 Å². The smallest absolute Gasteiger partial charge is 0.118 e. The molecule has 0 radical (unpaired) electrons. The van der Waals surface area contributed by atoms with E-state index in [1.807, 2.05) is 42.5 Å². The van der Waals surface area contributed by atoms with E-state index in [4.69, 9.17) is 14.2 Å². The van der Waals surface area contributed by atoms with Crippen molar-refractivity contribution in [2.24, 2.45) is 0 Å². The molecule has 1 atom stereocenters. The standard InChI is InChI=1S/C21H28O3/c1-3-4-10-21(24-16-18-8-6-5-7-9-18)17-23-15-19-11-13-20(22-2)14-12-19/h5-9,11-14,21H,3-4,10,15-17H2,1-2H3. The zero-order valence-corrected chi connectivity index (χ0v) is 14.7. The van der Waals surface area contributed by atoms with Crippen LogP contribution in [0.3, 0.4) is 0 Å². The van der Waals surface area contributed by atoms with Crippen molar-refractivity contribution in [1.82, 2.24) is 0 Å². The second-order valence-electron chi connectivity index (χ2n) is 5.92. The van der Waals surface area contributed by atoms with Gasteiger partial charge in [0.25, 0.3) is 0 Å². The molecule has 0 aliphatic heterocycles. The fourth-order valence-electron chi connectivity index (χ4n) is 2.46. The molecule has 0 fully saturated rings. The summed E-state index contributed by atoms with van der Waals surface area (Å²) >= 11 is 0. The number of unbranched alkanes of at least 4 members (excludes halogenated alkanes) is 1. The van der Waals surface area contributed by atoms with Crippen molar-refractivity contribution in [3.8, 4) is 5.75 Å². The van der Waals surface area contributed by atoms with E-state index in [9.17, 15) is 0 Å². The third-order valence-electron chi connectivity index (χ3n) is 3.94. The second-order valence-corrected chi connectivity index (χ2v) is 5.92. The molecule has 0 aliphatic carbocycles. The molecule has 0 aromatic heterocycles. The van der Waals surface area contributed by atoms with Gasteiger partial charge in [-0.05, 0) is 29.7 Å². The molecule has 0 spiro atoms. The number of hydrogen-bond donors (Lipinski definition) is 0. The molecule has 0 saturated carbocycles. The topological polar surface area (TPSA) is 27.7 Å². The molecular formula is C21H28O3. The maximum Gasteiger partial charge on any atom is 0.118 e. The first-order valence-electron chi connectivity index (χ1n) is 8.68. The van der Waals surface area contributed by atoms with Gasteiger partial charge in [-0.2, -0.15) is 0 Å². The maximum atomic E-state index is 6.06. The first kappa shape index (κ1) is 18.5. The predicted molar refractivity (Wildman–Crippen MR) is 97.2 cm³/mol. The molecule has 0 aliphatic rings. The van der Waals surface area contributed by atoms with Gasteiger partial charge >= 0.3 is 0 Å². The van der Waals surface area contributed by atoms with Crippen LogP contribution in [-0.2, 0) is 22.7 Å². The van der Waals surface area contributed by atoms with Gasteiger partial charge in [-0.1, -0.05) is 62.2 Å². The van der Waals surface area contributed by atoms with Crippen LogP contribution in [-0.4, -0.2) is 19.8 Å². The SMILES string of the molecule is CCCCC(COCc1ccc(OC)cc1)OCc1ccccc1. The molecule has 3 heteroatoms. The average Bonchev–Trinajstić information content (AvgIpc) is 2.65. The Morgan fingerprint density at radius 2 is 1.58 bits per heavy atom. The van der Waals surface area contributed by atoms with Gasteiger partial charge in [-0.15, -0.1) is 0 Å². The van der Waals surface area contributed by atoms with E-state index in [1.165, 1.54) is 12.0 Å². The summed E-state index contributed by atoms with van der Waals surface area (Å²) in [5.41, 5.74) is 2.35. The summed E-state index contributed by atoms with van der Waals surface area (Å²) in [7, 11) is 1.67. The van der Waals surface area contributed by atoms with Crippen molar-refractivity contribution in [3.05, 3.63) is 65.7 Å². The molecule has 0 N–H and O–H groups in total. The Hall–Kier alpha value is -1.84. The highest BCUT2D eigenvalue weighted by Crippen LogP contribution is 2.14. The zero-order valence-electron chi connectivity index (χ0n) is 14.7. The molecule has 3 nitrogen and oxygen atoms in total. The van der Waals surface area contributed by atoms with Gasteiger partial charge in [0.1, 0.15) is 5.75 Å². The summed E-state index contributed by atoms with van der Waals surface area (Å²) in [6.07, 6.45) is 3.50. The van der Waals surface area contributed by atoms with Crippen molar-refractivity contribution in [2.45, 2.75) is 45.5 Å². The normalized spacial score (nSPS) is 12.1. The van der Waals surface area contributed by atoms with Crippen LogP contribution in [0.1, 0.15) is 37.3 Å². The van der Waals surface area contributed by atoms with Crippen molar-refractivity contribution in [2.75, 3.05) is 13.7 Å². The summed E-state index contributed by atoms with van der Waals surface area (Å²) in [5, 5.41) is 0. The van der Waals surface area contributed by atoms with Gasteiger partial charge in [0, 0.05) is 0 Å². The minimum atomic E-state index is 0.142. The fraction of sp³-hybridized carbons (Fsp3) is 0.429. The lowest BCUT2D eigenvalue weighted by molar-refractivity contribution is -0.0341. The van der Waals surface area contributed by atoms with Crippen molar-refractivity contribution in [3.63, 3.8) is 0 Å². The van der Waals surface area contributed by atoms with Crippen LogP contribution in [0.25, 0.3) is 0 Å². The van der Waals surface area contributed by atoms with Gasteiger partial charge in [-0.3, -0.25) is 0 Å². The summed E-state index contributed by atoms with van der Waals surface area (Å²) in [6, 6.07) is 18.3. The molecule has 2 aromatic carbocycles. The van der Waals surface area contributed by atoms with E-state index in [2.05, 4.69) is 19.1 Å². The van der Waals surface area contributed by atoms with E-state index in [0.717, 1.165) is 24.2 Å². The van der Waals surface area contributed by atoms with Gasteiger partial charge < -0.3 is 14.2 Å². The lowest BCUT2D eigenvalue weighted by Gasteiger charge is -2.18. The minimum Gasteiger partial charge on any atom is -0.497 e. The van der Waals surface area contributed by atoms with E-state index < -0.39 is 0 Å². The Balaban J connectivity index is 1.77. The van der Waals surface area contributed by atoms with Gasteiger partial charge in [-0.25, -0.2) is 0 Å². The Morgan fingerprint density at radius 3 is 2.25 bits per heavy atom. The highest BCUT2D eigenvalue weighted by Gasteiger charge is 2.10. The number of rotatable bonds is 11. The minimum absolute atomic E-state index is 0.142. The number of methoxy groups -OCH3 is 1. The Labute approximate surface area is 145 Å². The van der Waals surface area contributed by atoms with E-state index in [0.29, 0.717) is 19.8 Å². The molecular weight excluding hydrogens is 300 g/mol. The van der Waals surface area contributed by atoms with Crippen molar-refractivity contribution in [1.29, 1.82) is 0 Å². The van der Waals surface area contributed by atoms with Crippen molar-refractivity contribution >= 4 is 0 Å². The summed E-state index contributed by atoms with van der Waals surface area (Å²) in [5.74, 6) is 0.866. The number of benzene rings is 2. The summed E-state index contributed by atoms with van der Waals surface area (Å²) in [4.78, 5) is 0. The molecule has 2 rings (SSSR count). The molecule has 1 unspecified atom stereocenters. The average molecular weight is 328 g/mol. The molecule has 0 bridgehead atoms. The monoisotopic (exact) mass is 328 g/mol.